The number of fused-ring (bicyclic) bond motifs is 1. The summed E-state index contributed by atoms with van der Waals surface area (Å²) in [5, 5.41) is 4.89. The van der Waals surface area contributed by atoms with E-state index in [0.717, 1.165) is 24.1 Å². The molecule has 1 heterocycles. The predicted molar refractivity (Wildman–Crippen MR) is 119 cm³/mol. The summed E-state index contributed by atoms with van der Waals surface area (Å²) in [6, 6.07) is 9.70. The number of nitrogens with one attached hydrogen (secondary N) is 1. The minimum absolute atomic E-state index is 0.0706. The molecule has 0 fully saturated rings. The first-order valence-electron chi connectivity index (χ1n) is 10.2. The van der Waals surface area contributed by atoms with Crippen LogP contribution in [0.4, 0.5) is 18.9 Å². The minimum Gasteiger partial charge on any atom is -0.453 e. The maximum absolute atomic E-state index is 13.0. The second kappa shape index (κ2) is 8.94. The first-order valence-corrected chi connectivity index (χ1v) is 10.6. The van der Waals surface area contributed by atoms with E-state index in [1.54, 1.807) is 32.0 Å². The Labute approximate surface area is 193 Å². The Bertz CT molecular complexity index is 1250. The van der Waals surface area contributed by atoms with Gasteiger partial charge < -0.3 is 9.15 Å². The summed E-state index contributed by atoms with van der Waals surface area (Å²) in [5.41, 5.74) is 4.78. The number of carbonyl (C=O) groups is 1. The highest BCUT2D eigenvalue weighted by molar-refractivity contribution is 6.31. The molecular weight excluding hydrogens is 457 g/mol. The van der Waals surface area contributed by atoms with Gasteiger partial charge in [0.05, 0.1) is 17.0 Å². The number of hydrogen-bond acceptors (Lipinski definition) is 5. The third kappa shape index (κ3) is 4.90. The van der Waals surface area contributed by atoms with Gasteiger partial charge in [0.15, 0.2) is 0 Å². The van der Waals surface area contributed by atoms with Crippen LogP contribution in [-0.2, 0) is 12.6 Å². The van der Waals surface area contributed by atoms with Crippen LogP contribution < -0.4 is 10.2 Å². The average molecular weight is 477 g/mol. The van der Waals surface area contributed by atoms with Crippen molar-refractivity contribution in [2.24, 2.45) is 5.10 Å². The highest BCUT2D eigenvalue weighted by atomic mass is 35.5. The van der Waals surface area contributed by atoms with Crippen molar-refractivity contribution in [2.45, 2.75) is 39.3 Å². The molecule has 0 saturated carbocycles. The number of aryl methyl sites for hydroxylation is 2. The van der Waals surface area contributed by atoms with Crippen molar-refractivity contribution < 1.29 is 27.1 Å². The number of hydrazone groups is 1. The van der Waals surface area contributed by atoms with Crippen LogP contribution in [0.25, 0.3) is 0 Å². The Balaban J connectivity index is 1.58. The van der Waals surface area contributed by atoms with Gasteiger partial charge in [-0.2, -0.15) is 18.3 Å². The zero-order valence-electron chi connectivity index (χ0n) is 17.8. The Kier molecular flexibility index (Phi) is 6.21. The molecular formula is C24H20ClF3N2O3. The summed E-state index contributed by atoms with van der Waals surface area (Å²) in [4.78, 5) is 12.8. The number of anilines is 1. The number of carbonyl (C=O) groups excluding carboxylic acids is 1. The zero-order valence-corrected chi connectivity index (χ0v) is 18.6. The summed E-state index contributed by atoms with van der Waals surface area (Å²) in [7, 11) is 0. The number of alkyl halides is 3. The monoisotopic (exact) mass is 476 g/mol. The van der Waals surface area contributed by atoms with Crippen molar-refractivity contribution in [3.63, 3.8) is 0 Å². The van der Waals surface area contributed by atoms with E-state index in [0.29, 0.717) is 46.2 Å². The number of nitrogens with zero attached hydrogens (tertiary/aromatic N) is 1. The molecule has 4 rings (SSSR count). The Morgan fingerprint density at radius 1 is 1.15 bits per heavy atom. The number of hydrogen-bond donors (Lipinski definition) is 1. The summed E-state index contributed by atoms with van der Waals surface area (Å²) < 4.78 is 50.2. The van der Waals surface area contributed by atoms with Crippen LogP contribution in [0, 0.1) is 13.8 Å². The molecule has 0 unspecified atom stereocenters. The fourth-order valence-corrected chi connectivity index (χ4v) is 3.82. The third-order valence-corrected chi connectivity index (χ3v) is 5.78. The molecule has 1 aliphatic carbocycles. The molecule has 1 N–H and O–H groups in total. The summed E-state index contributed by atoms with van der Waals surface area (Å²) in [6.45, 7) is 3.54. The molecule has 0 aliphatic heterocycles. The van der Waals surface area contributed by atoms with Gasteiger partial charge in [0.25, 0.3) is 0 Å². The van der Waals surface area contributed by atoms with Crippen LogP contribution in [-0.4, -0.2) is 11.7 Å². The molecule has 0 amide bonds. The lowest BCUT2D eigenvalue weighted by Crippen LogP contribution is -2.14. The zero-order chi connectivity index (χ0) is 23.8. The molecule has 1 aliphatic rings. The van der Waals surface area contributed by atoms with Gasteiger partial charge in [-0.3, -0.25) is 5.43 Å². The first kappa shape index (κ1) is 22.9. The maximum atomic E-state index is 13.0. The van der Waals surface area contributed by atoms with Gasteiger partial charge in [0.1, 0.15) is 11.5 Å². The van der Waals surface area contributed by atoms with Gasteiger partial charge in [-0.1, -0.05) is 17.7 Å². The molecule has 33 heavy (non-hydrogen) atoms. The standard InChI is InChI=1S/C24H20ClF3N2O3/c1-13-11-17(9-10-18(13)25)32-23(31)22-14(2)21-19(7-4-8-20(21)33-22)30-29-16-6-3-5-15(12-16)24(26,27)28/h3,5-6,9-12,29H,4,7-8H2,1-2H3/b30-19+. The number of rotatable bonds is 4. The number of ether oxygens (including phenoxy) is 1. The highest BCUT2D eigenvalue weighted by Gasteiger charge is 2.31. The van der Waals surface area contributed by atoms with Crippen LogP contribution >= 0.6 is 11.6 Å². The van der Waals surface area contributed by atoms with E-state index in [4.69, 9.17) is 20.8 Å². The van der Waals surface area contributed by atoms with Crippen LogP contribution in [0.1, 0.15) is 51.4 Å². The van der Waals surface area contributed by atoms with Gasteiger partial charge in [-0.05, 0) is 68.7 Å². The van der Waals surface area contributed by atoms with Gasteiger partial charge >= 0.3 is 12.1 Å². The molecule has 2 aromatic carbocycles. The summed E-state index contributed by atoms with van der Waals surface area (Å²) in [6.07, 6.45) is -2.51. The highest BCUT2D eigenvalue weighted by Crippen LogP contribution is 2.33. The van der Waals surface area contributed by atoms with Crippen LogP contribution in [0.15, 0.2) is 52.0 Å². The number of halogens is 4. The topological polar surface area (TPSA) is 63.8 Å². The molecule has 1 aromatic heterocycles. The summed E-state index contributed by atoms with van der Waals surface area (Å²) in [5.74, 6) is 0.369. The van der Waals surface area contributed by atoms with Crippen molar-refractivity contribution in [2.75, 3.05) is 5.43 Å². The lowest BCUT2D eigenvalue weighted by molar-refractivity contribution is -0.137. The van der Waals surface area contributed by atoms with Crippen molar-refractivity contribution in [1.82, 2.24) is 0 Å². The number of furan rings is 1. The fourth-order valence-electron chi connectivity index (χ4n) is 3.71. The largest absolute Gasteiger partial charge is 0.453 e. The molecule has 0 atom stereocenters. The predicted octanol–water partition coefficient (Wildman–Crippen LogP) is 6.94. The maximum Gasteiger partial charge on any atom is 0.416 e. The van der Waals surface area contributed by atoms with E-state index in [-0.39, 0.29) is 11.4 Å². The van der Waals surface area contributed by atoms with Crippen molar-refractivity contribution in [1.29, 1.82) is 0 Å². The quantitative estimate of drug-likeness (QED) is 0.251. The summed E-state index contributed by atoms with van der Waals surface area (Å²) >= 11 is 6.02. The molecule has 172 valence electrons. The van der Waals surface area contributed by atoms with Crippen LogP contribution in [0.2, 0.25) is 5.02 Å². The Hall–Kier alpha value is -3.26. The molecule has 0 saturated heterocycles. The number of esters is 1. The van der Waals surface area contributed by atoms with Crippen molar-refractivity contribution in [3.8, 4) is 5.75 Å². The molecule has 3 aromatic rings. The average Bonchev–Trinajstić information content (AvgIpc) is 3.12. The van der Waals surface area contributed by atoms with Crippen LogP contribution in [0.3, 0.4) is 0 Å². The first-order chi connectivity index (χ1) is 15.6. The molecule has 0 bridgehead atoms. The van der Waals surface area contributed by atoms with Gasteiger partial charge in [-0.25, -0.2) is 4.79 Å². The van der Waals surface area contributed by atoms with Gasteiger partial charge in [0.2, 0.25) is 5.76 Å². The van der Waals surface area contributed by atoms with E-state index in [1.807, 2.05) is 0 Å². The molecule has 0 radical (unpaired) electrons. The Morgan fingerprint density at radius 3 is 2.67 bits per heavy atom. The second-order valence-corrected chi connectivity index (χ2v) is 8.16. The van der Waals surface area contributed by atoms with E-state index < -0.39 is 17.7 Å². The van der Waals surface area contributed by atoms with E-state index in [2.05, 4.69) is 10.5 Å². The molecule has 0 spiro atoms. The number of benzene rings is 2. The van der Waals surface area contributed by atoms with Crippen molar-refractivity contribution in [3.05, 3.63) is 81.3 Å². The lowest BCUT2D eigenvalue weighted by Gasteiger charge is -2.14. The van der Waals surface area contributed by atoms with E-state index in [1.165, 1.54) is 12.1 Å². The fraction of sp³-hybridized carbons (Fsp3) is 0.250. The van der Waals surface area contributed by atoms with E-state index >= 15 is 0 Å². The lowest BCUT2D eigenvalue weighted by atomic mass is 9.93. The van der Waals surface area contributed by atoms with Gasteiger partial charge in [0, 0.05) is 22.6 Å². The van der Waals surface area contributed by atoms with E-state index in [9.17, 15) is 18.0 Å². The smallest absolute Gasteiger partial charge is 0.416 e. The van der Waals surface area contributed by atoms with Crippen molar-refractivity contribution >= 4 is 29.0 Å². The minimum atomic E-state index is -4.44. The second-order valence-electron chi connectivity index (χ2n) is 7.76. The Morgan fingerprint density at radius 2 is 1.94 bits per heavy atom. The molecule has 9 heteroatoms. The normalized spacial score (nSPS) is 14.8. The van der Waals surface area contributed by atoms with Crippen LogP contribution in [0.5, 0.6) is 5.75 Å². The molecule has 5 nitrogen and oxygen atoms in total. The third-order valence-electron chi connectivity index (χ3n) is 5.36. The SMILES string of the molecule is Cc1cc(OC(=O)c2oc3c(c2C)/C(=N/Nc2cccc(C(F)(F)F)c2)CCC3)ccc1Cl. The van der Waals surface area contributed by atoms with Gasteiger partial charge in [-0.15, -0.1) is 0 Å².